The van der Waals surface area contributed by atoms with E-state index in [2.05, 4.69) is 5.32 Å². The summed E-state index contributed by atoms with van der Waals surface area (Å²) in [7, 11) is 0. The first kappa shape index (κ1) is 13.9. The van der Waals surface area contributed by atoms with Gasteiger partial charge in [0.05, 0.1) is 6.61 Å². The smallest absolute Gasteiger partial charge is 0.249 e. The molecule has 0 heterocycles. The van der Waals surface area contributed by atoms with Crippen LogP contribution in [-0.2, 0) is 6.54 Å². The molecule has 0 spiro atoms. The van der Waals surface area contributed by atoms with Gasteiger partial charge in [-0.15, -0.1) is 0 Å². The largest absolute Gasteiger partial charge is 0.494 e. The Balaban J connectivity index is 2.09. The monoisotopic (exact) mass is 270 g/mol. The summed E-state index contributed by atoms with van der Waals surface area (Å²) in [6.45, 7) is 3.12. The molecule has 3 N–H and O–H groups in total. The highest BCUT2D eigenvalue weighted by atomic mass is 16.5. The first-order chi connectivity index (χ1) is 9.70. The maximum absolute atomic E-state index is 11.3. The molecule has 0 unspecified atom stereocenters. The zero-order valence-electron chi connectivity index (χ0n) is 11.4. The zero-order valence-corrected chi connectivity index (χ0v) is 11.4. The minimum absolute atomic E-state index is 0.412. The van der Waals surface area contributed by atoms with Crippen molar-refractivity contribution < 1.29 is 9.53 Å². The molecule has 2 aromatic rings. The Kier molecular flexibility index (Phi) is 4.60. The highest BCUT2D eigenvalue weighted by molar-refractivity contribution is 5.94. The van der Waals surface area contributed by atoms with E-state index in [0.717, 1.165) is 17.0 Å². The lowest BCUT2D eigenvalue weighted by molar-refractivity contribution is 0.0999. The summed E-state index contributed by atoms with van der Waals surface area (Å²) in [4.78, 5) is 11.3. The van der Waals surface area contributed by atoms with Gasteiger partial charge in [-0.3, -0.25) is 4.79 Å². The van der Waals surface area contributed by atoms with E-state index >= 15 is 0 Å². The van der Waals surface area contributed by atoms with Crippen LogP contribution in [0.3, 0.4) is 0 Å². The molecular formula is C16H18N2O2. The molecule has 0 atom stereocenters. The van der Waals surface area contributed by atoms with Gasteiger partial charge in [0, 0.05) is 23.9 Å². The number of carbonyl (C=O) groups excluding carboxylic acids is 1. The Bertz CT molecular complexity index is 597. The minimum Gasteiger partial charge on any atom is -0.494 e. The fourth-order valence-electron chi connectivity index (χ4n) is 1.97. The van der Waals surface area contributed by atoms with E-state index in [-0.39, 0.29) is 0 Å². The van der Waals surface area contributed by atoms with Gasteiger partial charge in [-0.25, -0.2) is 0 Å². The van der Waals surface area contributed by atoms with Crippen LogP contribution in [0, 0.1) is 0 Å². The second kappa shape index (κ2) is 6.61. The third-order valence-electron chi connectivity index (χ3n) is 2.91. The van der Waals surface area contributed by atoms with Crippen molar-refractivity contribution in [1.82, 2.24) is 0 Å². The van der Waals surface area contributed by atoms with Gasteiger partial charge in [-0.2, -0.15) is 0 Å². The van der Waals surface area contributed by atoms with E-state index in [0.29, 0.717) is 18.7 Å². The highest BCUT2D eigenvalue weighted by Crippen LogP contribution is 2.18. The lowest BCUT2D eigenvalue weighted by Crippen LogP contribution is -2.15. The molecular weight excluding hydrogens is 252 g/mol. The number of hydrogen-bond acceptors (Lipinski definition) is 3. The Labute approximate surface area is 118 Å². The molecule has 0 aliphatic carbocycles. The van der Waals surface area contributed by atoms with Crippen LogP contribution in [0.15, 0.2) is 48.5 Å². The minimum atomic E-state index is -0.412. The standard InChI is InChI=1S/C16H18N2O2/c1-2-20-14-8-5-7-13(10-14)18-11-12-6-3-4-9-15(12)16(17)19/h3-10,18H,2,11H2,1H3,(H2,17,19). The Morgan fingerprint density at radius 3 is 2.75 bits per heavy atom. The van der Waals surface area contributed by atoms with Gasteiger partial charge in [-0.1, -0.05) is 24.3 Å². The first-order valence-corrected chi connectivity index (χ1v) is 6.55. The van der Waals surface area contributed by atoms with Crippen LogP contribution in [0.5, 0.6) is 5.75 Å². The lowest BCUT2D eigenvalue weighted by Gasteiger charge is -2.11. The van der Waals surface area contributed by atoms with Crippen LogP contribution in [-0.4, -0.2) is 12.5 Å². The van der Waals surface area contributed by atoms with E-state index in [1.54, 1.807) is 12.1 Å². The molecule has 0 saturated heterocycles. The van der Waals surface area contributed by atoms with Crippen molar-refractivity contribution in [3.63, 3.8) is 0 Å². The number of nitrogens with two attached hydrogens (primary N) is 1. The summed E-state index contributed by atoms with van der Waals surface area (Å²) in [6, 6.07) is 15.0. The van der Waals surface area contributed by atoms with Crippen molar-refractivity contribution in [2.45, 2.75) is 13.5 Å². The number of amides is 1. The molecule has 0 radical (unpaired) electrons. The Morgan fingerprint density at radius 2 is 2.00 bits per heavy atom. The summed E-state index contributed by atoms with van der Waals surface area (Å²) in [5, 5.41) is 3.27. The number of benzene rings is 2. The third-order valence-corrected chi connectivity index (χ3v) is 2.91. The van der Waals surface area contributed by atoms with Crippen molar-refractivity contribution in [2.75, 3.05) is 11.9 Å². The topological polar surface area (TPSA) is 64.3 Å². The fourth-order valence-corrected chi connectivity index (χ4v) is 1.97. The van der Waals surface area contributed by atoms with Crippen LogP contribution in [0.4, 0.5) is 5.69 Å². The summed E-state index contributed by atoms with van der Waals surface area (Å²) in [5.74, 6) is 0.408. The van der Waals surface area contributed by atoms with E-state index in [1.807, 2.05) is 43.3 Å². The molecule has 104 valence electrons. The van der Waals surface area contributed by atoms with Crippen molar-refractivity contribution in [2.24, 2.45) is 5.73 Å². The molecule has 4 heteroatoms. The molecule has 0 aliphatic rings. The summed E-state index contributed by atoms with van der Waals surface area (Å²) in [5.41, 5.74) is 7.72. The lowest BCUT2D eigenvalue weighted by atomic mass is 10.1. The van der Waals surface area contributed by atoms with Gasteiger partial charge in [0.1, 0.15) is 5.75 Å². The fraction of sp³-hybridized carbons (Fsp3) is 0.188. The molecule has 2 aromatic carbocycles. The molecule has 2 rings (SSSR count). The van der Waals surface area contributed by atoms with Gasteiger partial charge in [0.2, 0.25) is 5.91 Å². The predicted octanol–water partition coefficient (Wildman–Crippen LogP) is 2.80. The summed E-state index contributed by atoms with van der Waals surface area (Å²) < 4.78 is 5.45. The van der Waals surface area contributed by atoms with Crippen molar-refractivity contribution in [3.8, 4) is 5.75 Å². The van der Waals surface area contributed by atoms with Gasteiger partial charge in [0.15, 0.2) is 0 Å². The van der Waals surface area contributed by atoms with Crippen LogP contribution in [0.2, 0.25) is 0 Å². The van der Waals surface area contributed by atoms with Gasteiger partial charge >= 0.3 is 0 Å². The number of nitrogens with one attached hydrogen (secondary N) is 1. The van der Waals surface area contributed by atoms with Crippen LogP contribution < -0.4 is 15.8 Å². The van der Waals surface area contributed by atoms with Crippen molar-refractivity contribution in [1.29, 1.82) is 0 Å². The SMILES string of the molecule is CCOc1cccc(NCc2ccccc2C(N)=O)c1. The molecule has 0 aromatic heterocycles. The van der Waals surface area contributed by atoms with Gasteiger partial charge in [-0.05, 0) is 30.7 Å². The van der Waals surface area contributed by atoms with E-state index in [4.69, 9.17) is 10.5 Å². The Morgan fingerprint density at radius 1 is 1.20 bits per heavy atom. The van der Waals surface area contributed by atoms with E-state index in [9.17, 15) is 4.79 Å². The predicted molar refractivity (Wildman–Crippen MR) is 79.9 cm³/mol. The Hall–Kier alpha value is -2.49. The van der Waals surface area contributed by atoms with Crippen LogP contribution >= 0.6 is 0 Å². The van der Waals surface area contributed by atoms with Crippen molar-refractivity contribution >= 4 is 11.6 Å². The van der Waals surface area contributed by atoms with Crippen LogP contribution in [0.25, 0.3) is 0 Å². The molecule has 4 nitrogen and oxygen atoms in total. The molecule has 1 amide bonds. The quantitative estimate of drug-likeness (QED) is 0.848. The average molecular weight is 270 g/mol. The number of hydrogen-bond donors (Lipinski definition) is 2. The number of primary amides is 1. The normalized spacial score (nSPS) is 10.1. The second-order valence-electron chi connectivity index (χ2n) is 4.34. The molecule has 0 fully saturated rings. The number of anilines is 1. The van der Waals surface area contributed by atoms with E-state index < -0.39 is 5.91 Å². The zero-order chi connectivity index (χ0) is 14.4. The highest BCUT2D eigenvalue weighted by Gasteiger charge is 2.06. The maximum atomic E-state index is 11.3. The van der Waals surface area contributed by atoms with Crippen molar-refractivity contribution in [3.05, 3.63) is 59.7 Å². The molecule has 0 saturated carbocycles. The molecule has 0 bridgehead atoms. The average Bonchev–Trinajstić information content (AvgIpc) is 2.46. The van der Waals surface area contributed by atoms with E-state index in [1.165, 1.54) is 0 Å². The first-order valence-electron chi connectivity index (χ1n) is 6.55. The summed E-state index contributed by atoms with van der Waals surface area (Å²) in [6.07, 6.45) is 0. The molecule has 0 aliphatic heterocycles. The van der Waals surface area contributed by atoms with Gasteiger partial charge in [0.25, 0.3) is 0 Å². The third kappa shape index (κ3) is 3.51. The number of carbonyl (C=O) groups is 1. The van der Waals surface area contributed by atoms with Crippen LogP contribution in [0.1, 0.15) is 22.8 Å². The summed E-state index contributed by atoms with van der Waals surface area (Å²) >= 11 is 0. The second-order valence-corrected chi connectivity index (χ2v) is 4.34. The molecule has 20 heavy (non-hydrogen) atoms. The maximum Gasteiger partial charge on any atom is 0.249 e. The number of ether oxygens (including phenoxy) is 1. The number of rotatable bonds is 6. The van der Waals surface area contributed by atoms with Gasteiger partial charge < -0.3 is 15.8 Å².